The summed E-state index contributed by atoms with van der Waals surface area (Å²) in [4.78, 5) is 18.9. The number of aromatic nitrogens is 1. The van der Waals surface area contributed by atoms with Crippen LogP contribution in [-0.2, 0) is 9.53 Å². The number of ether oxygens (including phenoxy) is 3. The molecule has 1 aromatic carbocycles. The Morgan fingerprint density at radius 2 is 1.93 bits per heavy atom. The summed E-state index contributed by atoms with van der Waals surface area (Å²) in [5, 5.41) is 2.82. The zero-order chi connectivity index (χ0) is 19.5. The molecule has 1 N–H and O–H groups in total. The Kier molecular flexibility index (Phi) is 5.16. The molecule has 0 radical (unpaired) electrons. The number of hydrogen-bond donors (Lipinski definition) is 1. The molecule has 1 saturated heterocycles. The van der Waals surface area contributed by atoms with Crippen LogP contribution >= 0.6 is 0 Å². The normalized spacial score (nSPS) is 21.1. The molecule has 1 amide bonds. The second kappa shape index (κ2) is 7.90. The van der Waals surface area contributed by atoms with Gasteiger partial charge in [0.1, 0.15) is 5.82 Å². The van der Waals surface area contributed by atoms with Gasteiger partial charge in [0, 0.05) is 19.2 Å². The van der Waals surface area contributed by atoms with Gasteiger partial charge in [-0.1, -0.05) is 6.07 Å². The molecule has 28 heavy (non-hydrogen) atoms. The predicted octanol–water partition coefficient (Wildman–Crippen LogP) is 3.08. The van der Waals surface area contributed by atoms with E-state index in [1.807, 2.05) is 30.3 Å². The Morgan fingerprint density at radius 1 is 1.14 bits per heavy atom. The van der Waals surface area contributed by atoms with Gasteiger partial charge in [-0.2, -0.15) is 0 Å². The maximum Gasteiger partial charge on any atom is 0.248 e. The lowest BCUT2D eigenvalue weighted by atomic mass is 10.2. The molecule has 1 fully saturated rings. The fraction of sp³-hybridized carbons (Fsp3) is 0.333. The number of nitrogens with zero attached hydrogens (tertiary/aromatic N) is 2. The van der Waals surface area contributed by atoms with E-state index in [0.717, 1.165) is 30.2 Å². The summed E-state index contributed by atoms with van der Waals surface area (Å²) < 4.78 is 16.4. The molecule has 2 aromatic rings. The van der Waals surface area contributed by atoms with E-state index >= 15 is 0 Å². The number of anilines is 2. The van der Waals surface area contributed by atoms with Crippen LogP contribution < -0.4 is 19.7 Å². The van der Waals surface area contributed by atoms with Crippen molar-refractivity contribution in [2.45, 2.75) is 26.1 Å². The average Bonchev–Trinajstić information content (AvgIpc) is 3.14. The fourth-order valence-electron chi connectivity index (χ4n) is 3.38. The van der Waals surface area contributed by atoms with Crippen molar-refractivity contribution in [3.8, 4) is 11.5 Å². The Labute approximate surface area is 163 Å². The highest BCUT2D eigenvalue weighted by atomic mass is 16.7. The summed E-state index contributed by atoms with van der Waals surface area (Å²) in [7, 11) is 0. The first-order valence-electron chi connectivity index (χ1n) is 9.32. The third-order valence-corrected chi connectivity index (χ3v) is 4.58. The van der Waals surface area contributed by atoms with Gasteiger partial charge in [0.2, 0.25) is 12.7 Å². The number of hydrogen-bond acceptors (Lipinski definition) is 6. The number of nitrogens with one attached hydrogen (secondary N) is 1. The molecule has 3 heterocycles. The van der Waals surface area contributed by atoms with Crippen molar-refractivity contribution in [1.82, 2.24) is 4.98 Å². The van der Waals surface area contributed by atoms with Crippen LogP contribution in [-0.4, -0.2) is 43.0 Å². The predicted molar refractivity (Wildman–Crippen MR) is 107 cm³/mol. The SMILES string of the molecule is CC1CN(c2ccc(NC(=O)/C=C/c3ccc4c(c3)OCO4)cn2)CC(C)O1. The molecule has 0 saturated carbocycles. The molecule has 7 heteroatoms. The topological polar surface area (TPSA) is 72.9 Å². The molecule has 1 aromatic heterocycles. The molecule has 7 nitrogen and oxygen atoms in total. The quantitative estimate of drug-likeness (QED) is 0.821. The van der Waals surface area contributed by atoms with E-state index in [4.69, 9.17) is 14.2 Å². The summed E-state index contributed by atoms with van der Waals surface area (Å²) >= 11 is 0. The van der Waals surface area contributed by atoms with Gasteiger partial charge >= 0.3 is 0 Å². The van der Waals surface area contributed by atoms with Crippen LogP contribution in [0.2, 0.25) is 0 Å². The largest absolute Gasteiger partial charge is 0.454 e. The van der Waals surface area contributed by atoms with Crippen LogP contribution in [0.3, 0.4) is 0 Å². The van der Waals surface area contributed by atoms with Crippen molar-refractivity contribution in [3.63, 3.8) is 0 Å². The number of carbonyl (C=O) groups excluding carboxylic acids is 1. The van der Waals surface area contributed by atoms with E-state index in [0.29, 0.717) is 11.4 Å². The van der Waals surface area contributed by atoms with Gasteiger partial charge < -0.3 is 24.4 Å². The number of morpholine rings is 1. The number of amides is 1. The van der Waals surface area contributed by atoms with Crippen LogP contribution in [0.15, 0.2) is 42.6 Å². The number of carbonyl (C=O) groups is 1. The molecule has 2 aliphatic heterocycles. The van der Waals surface area contributed by atoms with Crippen LogP contribution in [0.1, 0.15) is 19.4 Å². The highest BCUT2D eigenvalue weighted by Gasteiger charge is 2.23. The molecule has 2 aliphatic rings. The summed E-state index contributed by atoms with van der Waals surface area (Å²) in [6.07, 6.45) is 5.23. The van der Waals surface area contributed by atoms with E-state index in [9.17, 15) is 4.79 Å². The van der Waals surface area contributed by atoms with Crippen molar-refractivity contribution in [2.75, 3.05) is 30.1 Å². The summed E-state index contributed by atoms with van der Waals surface area (Å²) in [6, 6.07) is 9.32. The zero-order valence-corrected chi connectivity index (χ0v) is 15.9. The summed E-state index contributed by atoms with van der Waals surface area (Å²) in [5.41, 5.74) is 1.52. The van der Waals surface area contributed by atoms with Gasteiger partial charge in [0.25, 0.3) is 0 Å². The molecule has 0 spiro atoms. The number of fused-ring (bicyclic) bond motifs is 1. The van der Waals surface area contributed by atoms with Crippen LogP contribution in [0.4, 0.5) is 11.5 Å². The lowest BCUT2D eigenvalue weighted by Gasteiger charge is -2.36. The molecule has 146 valence electrons. The maximum absolute atomic E-state index is 12.2. The van der Waals surface area contributed by atoms with Gasteiger partial charge in [0.15, 0.2) is 11.5 Å². The fourth-order valence-corrected chi connectivity index (χ4v) is 3.38. The first kappa shape index (κ1) is 18.3. The summed E-state index contributed by atoms with van der Waals surface area (Å²) in [5.74, 6) is 2.07. The minimum atomic E-state index is -0.221. The Balaban J connectivity index is 1.35. The van der Waals surface area contributed by atoms with Crippen molar-refractivity contribution < 1.29 is 19.0 Å². The van der Waals surface area contributed by atoms with Crippen molar-refractivity contribution in [1.29, 1.82) is 0 Å². The highest BCUT2D eigenvalue weighted by molar-refractivity contribution is 6.01. The monoisotopic (exact) mass is 381 g/mol. The van der Waals surface area contributed by atoms with Crippen molar-refractivity contribution in [2.24, 2.45) is 0 Å². The smallest absolute Gasteiger partial charge is 0.248 e. The molecule has 4 rings (SSSR count). The van der Waals surface area contributed by atoms with Crippen LogP contribution in [0.5, 0.6) is 11.5 Å². The van der Waals surface area contributed by atoms with Gasteiger partial charge in [0.05, 0.1) is 24.1 Å². The molecule has 2 unspecified atom stereocenters. The minimum Gasteiger partial charge on any atom is -0.454 e. The lowest BCUT2D eigenvalue weighted by molar-refractivity contribution is -0.111. The van der Waals surface area contributed by atoms with E-state index < -0.39 is 0 Å². The molecule has 2 atom stereocenters. The minimum absolute atomic E-state index is 0.172. The first-order valence-corrected chi connectivity index (χ1v) is 9.32. The van der Waals surface area contributed by atoms with Gasteiger partial charge in [-0.3, -0.25) is 4.79 Å². The Bertz CT molecular complexity index is 872. The number of benzene rings is 1. The Morgan fingerprint density at radius 3 is 2.68 bits per heavy atom. The highest BCUT2D eigenvalue weighted by Crippen LogP contribution is 2.32. The molecule has 0 aliphatic carbocycles. The average molecular weight is 381 g/mol. The zero-order valence-electron chi connectivity index (χ0n) is 15.9. The van der Waals surface area contributed by atoms with Crippen molar-refractivity contribution in [3.05, 3.63) is 48.2 Å². The third-order valence-electron chi connectivity index (χ3n) is 4.58. The van der Waals surface area contributed by atoms with Crippen LogP contribution in [0.25, 0.3) is 6.08 Å². The van der Waals surface area contributed by atoms with E-state index in [-0.39, 0.29) is 24.9 Å². The molecule has 0 bridgehead atoms. The van der Waals surface area contributed by atoms with E-state index in [1.54, 1.807) is 12.3 Å². The van der Waals surface area contributed by atoms with Gasteiger partial charge in [-0.05, 0) is 49.8 Å². The standard InChI is InChI=1S/C21H23N3O4/c1-14-11-24(12-15(2)28-14)20-7-5-17(10-22-20)23-21(25)8-4-16-3-6-18-19(9-16)27-13-26-18/h3-10,14-15H,11-13H2,1-2H3,(H,23,25)/b8-4+. The third kappa shape index (κ3) is 4.26. The molecular formula is C21H23N3O4. The van der Waals surface area contributed by atoms with Gasteiger partial charge in [-0.25, -0.2) is 4.98 Å². The van der Waals surface area contributed by atoms with Crippen LogP contribution in [0, 0.1) is 0 Å². The van der Waals surface area contributed by atoms with Gasteiger partial charge in [-0.15, -0.1) is 0 Å². The Hall–Kier alpha value is -3.06. The number of rotatable bonds is 4. The first-order chi connectivity index (χ1) is 13.6. The van der Waals surface area contributed by atoms with E-state index in [1.165, 1.54) is 6.08 Å². The second-order valence-electron chi connectivity index (χ2n) is 7.00. The lowest BCUT2D eigenvalue weighted by Crippen LogP contribution is -2.45. The summed E-state index contributed by atoms with van der Waals surface area (Å²) in [6.45, 7) is 5.96. The van der Waals surface area contributed by atoms with Crippen molar-refractivity contribution >= 4 is 23.5 Å². The maximum atomic E-state index is 12.2. The second-order valence-corrected chi connectivity index (χ2v) is 7.00. The van der Waals surface area contributed by atoms with E-state index in [2.05, 4.69) is 29.0 Å². The number of pyridine rings is 1. The molecular weight excluding hydrogens is 358 g/mol.